The van der Waals surface area contributed by atoms with Crippen molar-refractivity contribution in [2.75, 3.05) is 9.80 Å². The molecule has 3 nitrogen and oxygen atoms in total. The van der Waals surface area contributed by atoms with Crippen molar-refractivity contribution in [3.8, 4) is 55.6 Å². The van der Waals surface area contributed by atoms with Gasteiger partial charge in [0.2, 0.25) is 0 Å². The molecule has 0 unspecified atom stereocenters. The molecule has 0 aliphatic heterocycles. The first-order valence-electron chi connectivity index (χ1n) is 29.0. The van der Waals surface area contributed by atoms with E-state index in [1.54, 1.807) is 0 Å². The molecule has 0 saturated heterocycles. The first-order valence-corrected chi connectivity index (χ1v) is 29.0. The zero-order valence-corrected chi connectivity index (χ0v) is 46.7. The van der Waals surface area contributed by atoms with E-state index in [4.69, 9.17) is 4.42 Å². The van der Waals surface area contributed by atoms with Crippen molar-refractivity contribution in [2.24, 2.45) is 0 Å². The second-order valence-electron chi connectivity index (χ2n) is 22.8. The standard InChI is InChI=1S/C81H56N2O/c1-81(2)77-50-65(48-49-71(77)76-51-74-69-22-11-9-20-67(69)68-21-10-12-23-70(68)75(74)52-78(76)81)83(63-42-30-56(31-43-63)54-18-7-4-8-19-54)64-44-34-58(35-45-64)57-32-40-61(41-33-57)82(60-38-28-55(29-39-60)53-16-5-3-6-17-53)62-46-36-59(37-47-62)66-25-15-26-73-72-24-13-14-27-79(72)84-80(66)73/h3-52H,1-2H3. The number of para-hydroxylation sites is 2. The summed E-state index contributed by atoms with van der Waals surface area (Å²) in [7, 11) is 0. The molecule has 0 spiro atoms. The molecule has 14 aromatic carbocycles. The lowest BCUT2D eigenvalue weighted by Crippen LogP contribution is -2.16. The van der Waals surface area contributed by atoms with E-state index >= 15 is 0 Å². The number of rotatable bonds is 10. The van der Waals surface area contributed by atoms with E-state index in [0.717, 1.165) is 78.3 Å². The molecule has 0 atom stereocenters. The van der Waals surface area contributed by atoms with E-state index in [1.165, 1.54) is 76.8 Å². The van der Waals surface area contributed by atoms with Gasteiger partial charge in [-0.3, -0.25) is 0 Å². The molecule has 15 aromatic rings. The summed E-state index contributed by atoms with van der Waals surface area (Å²) in [5.41, 5.74) is 22.6. The fourth-order valence-electron chi connectivity index (χ4n) is 13.4. The van der Waals surface area contributed by atoms with E-state index in [9.17, 15) is 0 Å². The second-order valence-corrected chi connectivity index (χ2v) is 22.8. The maximum absolute atomic E-state index is 6.47. The molecule has 3 heteroatoms. The van der Waals surface area contributed by atoms with Gasteiger partial charge in [0, 0.05) is 55.9 Å². The van der Waals surface area contributed by atoms with E-state index in [2.05, 4.69) is 315 Å². The van der Waals surface area contributed by atoms with Gasteiger partial charge in [-0.15, -0.1) is 0 Å². The Morgan fingerprint density at radius 2 is 0.595 bits per heavy atom. The van der Waals surface area contributed by atoms with E-state index in [1.807, 2.05) is 12.1 Å². The Labute approximate surface area is 489 Å². The van der Waals surface area contributed by atoms with E-state index in [0.29, 0.717) is 0 Å². The van der Waals surface area contributed by atoms with Crippen molar-refractivity contribution in [1.82, 2.24) is 0 Å². The van der Waals surface area contributed by atoms with Gasteiger partial charge in [0.25, 0.3) is 0 Å². The zero-order chi connectivity index (χ0) is 55.9. The summed E-state index contributed by atoms with van der Waals surface area (Å²) in [5.74, 6) is 0. The van der Waals surface area contributed by atoms with Gasteiger partial charge in [-0.25, -0.2) is 0 Å². The monoisotopic (exact) mass is 1070 g/mol. The van der Waals surface area contributed by atoms with Crippen LogP contribution >= 0.6 is 0 Å². The lowest BCUT2D eigenvalue weighted by Gasteiger charge is -2.28. The Hall–Kier alpha value is -10.7. The van der Waals surface area contributed by atoms with Crippen LogP contribution in [-0.2, 0) is 5.41 Å². The highest BCUT2D eigenvalue weighted by atomic mass is 16.3. The van der Waals surface area contributed by atoms with Crippen molar-refractivity contribution in [2.45, 2.75) is 19.3 Å². The predicted octanol–water partition coefficient (Wildman–Crippen LogP) is 23.0. The highest BCUT2D eigenvalue weighted by molar-refractivity contribution is 6.26. The average Bonchev–Trinajstić information content (AvgIpc) is 3.66. The largest absolute Gasteiger partial charge is 0.455 e. The molecule has 0 fully saturated rings. The van der Waals surface area contributed by atoms with Gasteiger partial charge < -0.3 is 14.2 Å². The van der Waals surface area contributed by atoms with Crippen LogP contribution in [0.1, 0.15) is 25.0 Å². The topological polar surface area (TPSA) is 19.6 Å². The number of benzene rings is 14. The summed E-state index contributed by atoms with van der Waals surface area (Å²) in [6.45, 7) is 4.80. The Bertz CT molecular complexity index is 4990. The third-order valence-electron chi connectivity index (χ3n) is 17.7. The minimum atomic E-state index is -0.240. The molecule has 0 saturated carbocycles. The van der Waals surface area contributed by atoms with Gasteiger partial charge in [-0.2, -0.15) is 0 Å². The van der Waals surface area contributed by atoms with Crippen molar-refractivity contribution in [1.29, 1.82) is 0 Å². The highest BCUT2D eigenvalue weighted by Gasteiger charge is 2.37. The van der Waals surface area contributed by atoms with E-state index < -0.39 is 0 Å². The van der Waals surface area contributed by atoms with Gasteiger partial charge in [0.1, 0.15) is 11.2 Å². The molecule has 84 heavy (non-hydrogen) atoms. The molecule has 0 radical (unpaired) electrons. The number of hydrogen-bond acceptors (Lipinski definition) is 3. The van der Waals surface area contributed by atoms with Crippen LogP contribution in [0.15, 0.2) is 308 Å². The van der Waals surface area contributed by atoms with Gasteiger partial charge in [0.15, 0.2) is 0 Å². The molecule has 0 N–H and O–H groups in total. The third kappa shape index (κ3) is 8.19. The summed E-state index contributed by atoms with van der Waals surface area (Å²) in [5, 5.41) is 10.1. The molecule has 0 amide bonds. The van der Waals surface area contributed by atoms with E-state index in [-0.39, 0.29) is 5.41 Å². The number of anilines is 6. The average molecular weight is 1070 g/mol. The number of furan rings is 1. The lowest BCUT2D eigenvalue weighted by atomic mass is 9.81. The minimum absolute atomic E-state index is 0.240. The normalized spacial score (nSPS) is 12.5. The molecule has 1 aliphatic carbocycles. The maximum atomic E-state index is 6.47. The number of fused-ring (bicyclic) bond motifs is 12. The summed E-state index contributed by atoms with van der Waals surface area (Å²) < 4.78 is 6.47. The van der Waals surface area contributed by atoms with Crippen LogP contribution in [0, 0.1) is 0 Å². The van der Waals surface area contributed by atoms with Crippen LogP contribution in [-0.4, -0.2) is 0 Å². The van der Waals surface area contributed by atoms with Crippen LogP contribution in [0.4, 0.5) is 34.1 Å². The lowest BCUT2D eigenvalue weighted by molar-refractivity contribution is 0.661. The SMILES string of the molecule is CC1(C)c2cc(N(c3ccc(-c4ccccc4)cc3)c3ccc(-c4ccc(N(c5ccc(-c6ccccc6)cc5)c5ccc(-c6cccc7c6oc6ccccc67)cc5)cc4)cc3)ccc2-c2cc3c4ccccc4c4ccccc4c3cc21. The fraction of sp³-hybridized carbons (Fsp3) is 0.0370. The summed E-state index contributed by atoms with van der Waals surface area (Å²) in [4.78, 5) is 4.76. The molecular formula is C81H56N2O. The van der Waals surface area contributed by atoms with Crippen LogP contribution in [0.3, 0.4) is 0 Å². The summed E-state index contributed by atoms with van der Waals surface area (Å²) >= 11 is 0. The van der Waals surface area contributed by atoms with Crippen LogP contribution in [0.5, 0.6) is 0 Å². The predicted molar refractivity (Wildman–Crippen MR) is 355 cm³/mol. The molecule has 1 aromatic heterocycles. The number of nitrogens with zero attached hydrogens (tertiary/aromatic N) is 2. The Morgan fingerprint density at radius 3 is 1.08 bits per heavy atom. The molecule has 0 bridgehead atoms. The fourth-order valence-corrected chi connectivity index (χ4v) is 13.4. The van der Waals surface area contributed by atoms with Gasteiger partial charge in [-0.05, 0) is 185 Å². The quantitative estimate of drug-likeness (QED) is 0.127. The van der Waals surface area contributed by atoms with Gasteiger partial charge in [-0.1, -0.05) is 226 Å². The molecular weight excluding hydrogens is 1020 g/mol. The highest BCUT2D eigenvalue weighted by Crippen LogP contribution is 2.53. The second kappa shape index (κ2) is 19.8. The van der Waals surface area contributed by atoms with Crippen LogP contribution < -0.4 is 9.80 Å². The first kappa shape index (κ1) is 49.1. The van der Waals surface area contributed by atoms with Crippen molar-refractivity contribution in [3.05, 3.63) is 314 Å². The molecule has 396 valence electrons. The summed E-state index contributed by atoms with van der Waals surface area (Å²) in [6, 6.07) is 111. The van der Waals surface area contributed by atoms with Gasteiger partial charge >= 0.3 is 0 Å². The number of hydrogen-bond donors (Lipinski definition) is 0. The van der Waals surface area contributed by atoms with Crippen LogP contribution in [0.2, 0.25) is 0 Å². The Kier molecular flexibility index (Phi) is 11.6. The minimum Gasteiger partial charge on any atom is -0.455 e. The summed E-state index contributed by atoms with van der Waals surface area (Å²) in [6.07, 6.45) is 0. The molecule has 1 heterocycles. The Balaban J connectivity index is 0.752. The molecule has 1 aliphatic rings. The smallest absolute Gasteiger partial charge is 0.143 e. The first-order chi connectivity index (χ1) is 41.4. The van der Waals surface area contributed by atoms with Gasteiger partial charge in [0.05, 0.1) is 0 Å². The third-order valence-corrected chi connectivity index (χ3v) is 17.7. The zero-order valence-electron chi connectivity index (χ0n) is 46.7. The van der Waals surface area contributed by atoms with Crippen molar-refractivity contribution < 1.29 is 4.42 Å². The maximum Gasteiger partial charge on any atom is 0.143 e. The molecule has 16 rings (SSSR count). The Morgan fingerprint density at radius 1 is 0.238 bits per heavy atom. The van der Waals surface area contributed by atoms with Crippen molar-refractivity contribution >= 4 is 88.4 Å². The van der Waals surface area contributed by atoms with Crippen molar-refractivity contribution in [3.63, 3.8) is 0 Å². The van der Waals surface area contributed by atoms with Crippen LogP contribution in [0.25, 0.3) is 110 Å².